The van der Waals surface area contributed by atoms with Crippen LogP contribution in [0.25, 0.3) is 0 Å². The molecule has 1 rings (SSSR count). The molecule has 1 aliphatic heterocycles. The Labute approximate surface area is 49.5 Å². The monoisotopic (exact) mass is 115 g/mol. The van der Waals surface area contributed by atoms with Crippen molar-refractivity contribution in [3.63, 3.8) is 0 Å². The van der Waals surface area contributed by atoms with Crippen molar-refractivity contribution in [2.75, 3.05) is 19.8 Å². The van der Waals surface area contributed by atoms with Gasteiger partial charge in [-0.1, -0.05) is 0 Å². The van der Waals surface area contributed by atoms with E-state index in [1.165, 1.54) is 0 Å². The van der Waals surface area contributed by atoms with Crippen molar-refractivity contribution in [2.24, 2.45) is 5.92 Å². The molecular formula is C6H11O2. The molecule has 0 aliphatic carbocycles. The molecule has 8 heavy (non-hydrogen) atoms. The van der Waals surface area contributed by atoms with Gasteiger partial charge in [0, 0.05) is 12.5 Å². The van der Waals surface area contributed by atoms with Crippen LogP contribution in [-0.2, 0) is 9.84 Å². The van der Waals surface area contributed by atoms with Crippen molar-refractivity contribution in [2.45, 2.75) is 12.8 Å². The van der Waals surface area contributed by atoms with Gasteiger partial charge in [0.1, 0.15) is 0 Å². The van der Waals surface area contributed by atoms with E-state index in [0.717, 1.165) is 19.4 Å². The van der Waals surface area contributed by atoms with E-state index in [4.69, 9.17) is 4.74 Å². The smallest absolute Gasteiger partial charge is 0.0872 e. The lowest BCUT2D eigenvalue weighted by Gasteiger charge is -2.18. The minimum absolute atomic E-state index is 0.0417. The van der Waals surface area contributed by atoms with Crippen molar-refractivity contribution in [1.29, 1.82) is 0 Å². The normalized spacial score (nSPS) is 30.4. The van der Waals surface area contributed by atoms with Crippen LogP contribution in [0.3, 0.4) is 0 Å². The highest BCUT2D eigenvalue weighted by molar-refractivity contribution is 4.60. The highest BCUT2D eigenvalue weighted by Gasteiger charge is 2.11. The van der Waals surface area contributed by atoms with Gasteiger partial charge >= 0.3 is 0 Å². The van der Waals surface area contributed by atoms with Crippen molar-refractivity contribution >= 4 is 0 Å². The first-order valence-electron chi connectivity index (χ1n) is 3.09. The van der Waals surface area contributed by atoms with E-state index in [0.29, 0.717) is 12.5 Å². The molecule has 2 heteroatoms. The lowest BCUT2D eigenvalue weighted by Crippen LogP contribution is -2.19. The number of hydrogen-bond donors (Lipinski definition) is 0. The Balaban J connectivity index is 2.13. The summed E-state index contributed by atoms with van der Waals surface area (Å²) < 4.78 is 5.07. The van der Waals surface area contributed by atoms with Crippen LogP contribution >= 0.6 is 0 Å². The van der Waals surface area contributed by atoms with Gasteiger partial charge in [0.15, 0.2) is 0 Å². The molecule has 2 nitrogen and oxygen atoms in total. The SMILES string of the molecule is [O]CC1CCCOC1. The van der Waals surface area contributed by atoms with Crippen molar-refractivity contribution in [3.05, 3.63) is 0 Å². The van der Waals surface area contributed by atoms with E-state index in [2.05, 4.69) is 0 Å². The molecule has 0 saturated carbocycles. The van der Waals surface area contributed by atoms with E-state index < -0.39 is 0 Å². The molecule has 0 aromatic carbocycles. The molecule has 1 heterocycles. The van der Waals surface area contributed by atoms with E-state index in [1.54, 1.807) is 0 Å². The molecule has 0 spiro atoms. The van der Waals surface area contributed by atoms with Gasteiger partial charge in [0.2, 0.25) is 0 Å². The van der Waals surface area contributed by atoms with Crippen molar-refractivity contribution in [3.8, 4) is 0 Å². The van der Waals surface area contributed by atoms with Gasteiger partial charge in [-0.05, 0) is 12.8 Å². The van der Waals surface area contributed by atoms with Crippen LogP contribution < -0.4 is 0 Å². The maximum atomic E-state index is 10.2. The molecule has 1 saturated heterocycles. The summed E-state index contributed by atoms with van der Waals surface area (Å²) in [6.45, 7) is 1.60. The van der Waals surface area contributed by atoms with Crippen LogP contribution in [0.4, 0.5) is 0 Å². The summed E-state index contributed by atoms with van der Waals surface area (Å²) in [6, 6.07) is 0. The first-order valence-corrected chi connectivity index (χ1v) is 3.09. The second-order valence-electron chi connectivity index (χ2n) is 2.25. The summed E-state index contributed by atoms with van der Waals surface area (Å²) >= 11 is 0. The van der Waals surface area contributed by atoms with E-state index in [-0.39, 0.29) is 6.61 Å². The maximum absolute atomic E-state index is 10.2. The van der Waals surface area contributed by atoms with Crippen molar-refractivity contribution in [1.82, 2.24) is 0 Å². The lowest BCUT2D eigenvalue weighted by molar-refractivity contribution is 0.0137. The molecule has 0 bridgehead atoms. The summed E-state index contributed by atoms with van der Waals surface area (Å²) in [7, 11) is 0. The summed E-state index contributed by atoms with van der Waals surface area (Å²) in [6.07, 6.45) is 2.15. The molecule has 1 unspecified atom stereocenters. The Morgan fingerprint density at radius 2 is 2.50 bits per heavy atom. The molecule has 0 aromatic rings. The zero-order chi connectivity index (χ0) is 5.82. The standard InChI is InChI=1S/C6H11O2/c7-4-6-2-1-3-8-5-6/h6H,1-5H2. The van der Waals surface area contributed by atoms with Gasteiger partial charge in [0.25, 0.3) is 0 Å². The second-order valence-corrected chi connectivity index (χ2v) is 2.25. The van der Waals surface area contributed by atoms with Crippen molar-refractivity contribution < 1.29 is 9.84 Å². The minimum Gasteiger partial charge on any atom is -0.381 e. The van der Waals surface area contributed by atoms with Crippen LogP contribution in [0, 0.1) is 5.92 Å². The van der Waals surface area contributed by atoms with Crippen LogP contribution in [0.5, 0.6) is 0 Å². The fourth-order valence-corrected chi connectivity index (χ4v) is 0.939. The van der Waals surface area contributed by atoms with Gasteiger partial charge in [0.05, 0.1) is 13.2 Å². The second kappa shape index (κ2) is 3.05. The first-order chi connectivity index (χ1) is 3.93. The zero-order valence-corrected chi connectivity index (χ0v) is 4.93. The lowest BCUT2D eigenvalue weighted by atomic mass is 10.0. The van der Waals surface area contributed by atoms with E-state index in [9.17, 15) is 5.11 Å². The maximum Gasteiger partial charge on any atom is 0.0872 e. The van der Waals surface area contributed by atoms with E-state index >= 15 is 0 Å². The molecule has 1 radical (unpaired) electrons. The molecule has 0 amide bonds. The predicted molar refractivity (Wildman–Crippen MR) is 29.1 cm³/mol. The van der Waals surface area contributed by atoms with E-state index in [1.807, 2.05) is 0 Å². The quantitative estimate of drug-likeness (QED) is 0.498. The zero-order valence-electron chi connectivity index (χ0n) is 4.93. The van der Waals surface area contributed by atoms with Gasteiger partial charge in [-0.3, -0.25) is 0 Å². The Morgan fingerprint density at radius 1 is 1.62 bits per heavy atom. The summed E-state index contributed by atoms with van der Waals surface area (Å²) in [5.41, 5.74) is 0. The fraction of sp³-hybridized carbons (Fsp3) is 1.00. The molecule has 0 aromatic heterocycles. The molecule has 1 atom stereocenters. The van der Waals surface area contributed by atoms with Gasteiger partial charge in [-0.2, -0.15) is 0 Å². The summed E-state index contributed by atoms with van der Waals surface area (Å²) in [5.74, 6) is 0.309. The Bertz CT molecular complexity index is 57.5. The molecule has 1 aliphatic rings. The van der Waals surface area contributed by atoms with Crippen LogP contribution in [0.15, 0.2) is 0 Å². The largest absolute Gasteiger partial charge is 0.381 e. The molecular weight excluding hydrogens is 104 g/mol. The highest BCUT2D eigenvalue weighted by Crippen LogP contribution is 2.11. The Kier molecular flexibility index (Phi) is 2.30. The molecule has 1 fully saturated rings. The van der Waals surface area contributed by atoms with Crippen LogP contribution in [0.2, 0.25) is 0 Å². The topological polar surface area (TPSA) is 29.1 Å². The fourth-order valence-electron chi connectivity index (χ4n) is 0.939. The summed E-state index contributed by atoms with van der Waals surface area (Å²) in [5, 5.41) is 10.2. The van der Waals surface area contributed by atoms with Crippen LogP contribution in [-0.4, -0.2) is 19.8 Å². The highest BCUT2D eigenvalue weighted by atomic mass is 16.5. The average Bonchev–Trinajstić information content (AvgIpc) is 1.90. The van der Waals surface area contributed by atoms with Gasteiger partial charge < -0.3 is 4.74 Å². The Hall–Kier alpha value is -0.0800. The first kappa shape index (κ1) is 6.05. The van der Waals surface area contributed by atoms with Crippen LogP contribution in [0.1, 0.15) is 12.8 Å². The summed E-state index contributed by atoms with van der Waals surface area (Å²) in [4.78, 5) is 0. The number of hydrogen-bond acceptors (Lipinski definition) is 1. The van der Waals surface area contributed by atoms with Gasteiger partial charge in [-0.25, -0.2) is 5.11 Å². The third-order valence-electron chi connectivity index (χ3n) is 1.49. The predicted octanol–water partition coefficient (Wildman–Crippen LogP) is 0.844. The molecule has 0 N–H and O–H groups in total. The third kappa shape index (κ3) is 1.46. The van der Waals surface area contributed by atoms with Gasteiger partial charge in [-0.15, -0.1) is 0 Å². The number of rotatable bonds is 1. The third-order valence-corrected chi connectivity index (χ3v) is 1.49. The number of ether oxygens (including phenoxy) is 1. The molecule has 47 valence electrons. The minimum atomic E-state index is 0.0417. The average molecular weight is 115 g/mol. The Morgan fingerprint density at radius 3 is 2.88 bits per heavy atom.